The van der Waals surface area contributed by atoms with Crippen LogP contribution in [0.4, 0.5) is 0 Å². The predicted octanol–water partition coefficient (Wildman–Crippen LogP) is 3.08. The van der Waals surface area contributed by atoms with Crippen molar-refractivity contribution in [3.8, 4) is 11.8 Å². The van der Waals surface area contributed by atoms with Gasteiger partial charge in [-0.05, 0) is 62.2 Å². The minimum absolute atomic E-state index is 0.102. The maximum atomic E-state index is 13.2. The van der Waals surface area contributed by atoms with E-state index in [-0.39, 0.29) is 16.4 Å². The average Bonchev–Trinajstić information content (AvgIpc) is 2.87. The smallest absolute Gasteiger partial charge is 0.251 e. The van der Waals surface area contributed by atoms with E-state index >= 15 is 0 Å². The first-order chi connectivity index (χ1) is 17.1. The first kappa shape index (κ1) is 25.4. The van der Waals surface area contributed by atoms with E-state index in [0.717, 1.165) is 5.56 Å². The molecular weight excluding hydrogens is 478 g/mol. The number of hydrogen-bond donors (Lipinski definition) is 3. The van der Waals surface area contributed by atoms with Crippen LogP contribution in [0.25, 0.3) is 0 Å². The van der Waals surface area contributed by atoms with Gasteiger partial charge in [0.25, 0.3) is 5.91 Å². The Morgan fingerprint density at radius 2 is 1.83 bits per heavy atom. The topological polar surface area (TPSA) is 129 Å². The first-order valence-electron chi connectivity index (χ1n) is 11.5. The van der Waals surface area contributed by atoms with E-state index in [4.69, 9.17) is 10.00 Å². The van der Waals surface area contributed by atoms with Gasteiger partial charge in [-0.2, -0.15) is 5.26 Å². The highest BCUT2D eigenvalue weighted by Crippen LogP contribution is 2.41. The zero-order valence-corrected chi connectivity index (χ0v) is 20.7. The van der Waals surface area contributed by atoms with Crippen LogP contribution in [-0.2, 0) is 16.4 Å². The average molecular weight is 506 g/mol. The number of benzene rings is 3. The van der Waals surface area contributed by atoms with Crippen molar-refractivity contribution in [2.45, 2.75) is 42.9 Å². The number of sulfonamides is 1. The third-order valence-electron chi connectivity index (χ3n) is 6.11. The summed E-state index contributed by atoms with van der Waals surface area (Å²) >= 11 is 0. The van der Waals surface area contributed by atoms with Crippen LogP contribution in [0, 0.1) is 11.3 Å². The molecule has 3 aromatic rings. The van der Waals surface area contributed by atoms with Gasteiger partial charge < -0.3 is 15.2 Å². The molecular formula is C27H27N3O5S. The van der Waals surface area contributed by atoms with Gasteiger partial charge in [0, 0.05) is 17.7 Å². The monoisotopic (exact) mass is 505 g/mol. The van der Waals surface area contributed by atoms with Gasteiger partial charge in [0.05, 0.1) is 22.6 Å². The van der Waals surface area contributed by atoms with E-state index < -0.39 is 27.8 Å². The summed E-state index contributed by atoms with van der Waals surface area (Å²) in [4.78, 5) is 12.7. The van der Waals surface area contributed by atoms with Crippen LogP contribution in [0.1, 0.15) is 46.9 Å². The summed E-state index contributed by atoms with van der Waals surface area (Å²) in [6, 6.07) is 20.9. The SMILES string of the molecule is CC1(C)Oc2ccc(C(=O)NCCc3ccccc3)cc2[C@@H](NS(=O)(=O)c2cccc(C#N)c2)[C@@H]1O. The summed E-state index contributed by atoms with van der Waals surface area (Å²) in [5.74, 6) is 0.0426. The molecule has 3 aromatic carbocycles. The minimum atomic E-state index is -4.11. The fourth-order valence-electron chi connectivity index (χ4n) is 4.10. The lowest BCUT2D eigenvalue weighted by atomic mass is 9.86. The Labute approximate surface area is 210 Å². The lowest BCUT2D eigenvalue weighted by Crippen LogP contribution is -2.53. The third-order valence-corrected chi connectivity index (χ3v) is 7.54. The van der Waals surface area contributed by atoms with Crippen molar-refractivity contribution in [2.75, 3.05) is 6.54 Å². The van der Waals surface area contributed by atoms with Crippen molar-refractivity contribution in [3.05, 3.63) is 95.1 Å². The number of fused-ring (bicyclic) bond motifs is 1. The quantitative estimate of drug-likeness (QED) is 0.453. The summed E-state index contributed by atoms with van der Waals surface area (Å²) in [5, 5.41) is 23.1. The Balaban J connectivity index is 1.60. The molecule has 1 heterocycles. The number of amides is 1. The Morgan fingerprint density at radius 1 is 1.08 bits per heavy atom. The van der Waals surface area contributed by atoms with Crippen molar-refractivity contribution in [1.82, 2.24) is 10.0 Å². The number of aliphatic hydroxyl groups excluding tert-OH is 1. The molecule has 0 saturated heterocycles. The number of ether oxygens (including phenoxy) is 1. The van der Waals surface area contributed by atoms with Crippen molar-refractivity contribution < 1.29 is 23.1 Å². The van der Waals surface area contributed by atoms with Crippen LogP contribution < -0.4 is 14.8 Å². The van der Waals surface area contributed by atoms with E-state index in [1.54, 1.807) is 26.0 Å². The van der Waals surface area contributed by atoms with Crippen molar-refractivity contribution in [1.29, 1.82) is 5.26 Å². The number of carbonyl (C=O) groups excluding carboxylic acids is 1. The van der Waals surface area contributed by atoms with E-state index in [1.807, 2.05) is 36.4 Å². The molecule has 1 aliphatic heterocycles. The molecule has 0 aliphatic carbocycles. The zero-order chi connectivity index (χ0) is 25.9. The molecule has 0 unspecified atom stereocenters. The van der Waals surface area contributed by atoms with Gasteiger partial charge in [-0.3, -0.25) is 4.79 Å². The molecule has 0 spiro atoms. The Kier molecular flexibility index (Phi) is 7.13. The normalized spacial score (nSPS) is 18.4. The van der Waals surface area contributed by atoms with Crippen molar-refractivity contribution >= 4 is 15.9 Å². The number of nitrogens with zero attached hydrogens (tertiary/aromatic N) is 1. The van der Waals surface area contributed by atoms with Crippen LogP contribution in [0.2, 0.25) is 0 Å². The molecule has 0 bridgehead atoms. The van der Waals surface area contributed by atoms with E-state index in [9.17, 15) is 18.3 Å². The van der Waals surface area contributed by atoms with Crippen LogP contribution in [-0.4, -0.2) is 37.7 Å². The van der Waals surface area contributed by atoms with E-state index in [1.165, 1.54) is 30.3 Å². The van der Waals surface area contributed by atoms with Crippen LogP contribution >= 0.6 is 0 Å². The molecule has 0 aromatic heterocycles. The second kappa shape index (κ2) is 10.1. The van der Waals surface area contributed by atoms with Gasteiger partial charge in [-0.1, -0.05) is 36.4 Å². The number of aliphatic hydroxyl groups is 1. The highest BCUT2D eigenvalue weighted by molar-refractivity contribution is 7.89. The van der Waals surface area contributed by atoms with Gasteiger partial charge in [-0.15, -0.1) is 0 Å². The molecule has 4 rings (SSSR count). The number of nitriles is 1. The molecule has 0 radical (unpaired) electrons. The summed E-state index contributed by atoms with van der Waals surface area (Å²) in [5.41, 5.74) is 0.844. The van der Waals surface area contributed by atoms with Gasteiger partial charge in [0.2, 0.25) is 10.0 Å². The minimum Gasteiger partial charge on any atom is -0.485 e. The van der Waals surface area contributed by atoms with Crippen LogP contribution in [0.3, 0.4) is 0 Å². The van der Waals surface area contributed by atoms with Crippen LogP contribution in [0.15, 0.2) is 77.7 Å². The molecule has 1 aliphatic rings. The number of hydrogen-bond acceptors (Lipinski definition) is 6. The Hall–Kier alpha value is -3.71. The lowest BCUT2D eigenvalue weighted by molar-refractivity contribution is -0.0603. The fraction of sp³-hybridized carbons (Fsp3) is 0.259. The molecule has 0 fully saturated rings. The van der Waals surface area contributed by atoms with E-state index in [2.05, 4.69) is 10.0 Å². The molecule has 0 saturated carbocycles. The maximum absolute atomic E-state index is 13.2. The largest absolute Gasteiger partial charge is 0.485 e. The molecule has 36 heavy (non-hydrogen) atoms. The Morgan fingerprint density at radius 3 is 2.56 bits per heavy atom. The molecule has 2 atom stereocenters. The third kappa shape index (κ3) is 5.41. The summed E-state index contributed by atoms with van der Waals surface area (Å²) in [6.45, 7) is 3.74. The fourth-order valence-corrected chi connectivity index (χ4v) is 5.37. The predicted molar refractivity (Wildman–Crippen MR) is 134 cm³/mol. The van der Waals surface area contributed by atoms with Crippen molar-refractivity contribution in [2.24, 2.45) is 0 Å². The maximum Gasteiger partial charge on any atom is 0.251 e. The Bertz CT molecular complexity index is 1410. The summed E-state index contributed by atoms with van der Waals surface area (Å²) in [6.07, 6.45) is -0.590. The number of rotatable bonds is 7. The van der Waals surface area contributed by atoms with Gasteiger partial charge >= 0.3 is 0 Å². The highest BCUT2D eigenvalue weighted by atomic mass is 32.2. The molecule has 9 heteroatoms. The zero-order valence-electron chi connectivity index (χ0n) is 19.9. The lowest BCUT2D eigenvalue weighted by Gasteiger charge is -2.42. The molecule has 3 N–H and O–H groups in total. The van der Waals surface area contributed by atoms with Gasteiger partial charge in [0.1, 0.15) is 17.5 Å². The van der Waals surface area contributed by atoms with Gasteiger partial charge in [0.15, 0.2) is 0 Å². The summed E-state index contributed by atoms with van der Waals surface area (Å²) < 4.78 is 34.8. The number of nitrogens with one attached hydrogen (secondary N) is 2. The van der Waals surface area contributed by atoms with Crippen LogP contribution in [0.5, 0.6) is 5.75 Å². The molecule has 186 valence electrons. The second-order valence-corrected chi connectivity index (χ2v) is 10.8. The van der Waals surface area contributed by atoms with Crippen molar-refractivity contribution in [3.63, 3.8) is 0 Å². The second-order valence-electron chi connectivity index (χ2n) is 9.13. The summed E-state index contributed by atoms with van der Waals surface area (Å²) in [7, 11) is -4.11. The van der Waals surface area contributed by atoms with E-state index in [0.29, 0.717) is 29.8 Å². The standard InChI is InChI=1S/C27H27N3O5S/c1-27(2)25(31)24(30-36(33,34)21-10-6-9-19(15-21)17-28)22-16-20(11-12-23(22)35-27)26(32)29-14-13-18-7-4-3-5-8-18/h3-12,15-16,24-25,30-31H,13-14H2,1-2H3,(H,29,32)/t24-,25+/m1/s1. The van der Waals surface area contributed by atoms with Gasteiger partial charge in [-0.25, -0.2) is 13.1 Å². The molecule has 8 nitrogen and oxygen atoms in total. The molecule has 1 amide bonds. The highest BCUT2D eigenvalue weighted by Gasteiger charge is 2.44. The number of carbonyl (C=O) groups is 1. The first-order valence-corrected chi connectivity index (χ1v) is 12.9.